The van der Waals surface area contributed by atoms with Crippen molar-refractivity contribution in [2.45, 2.75) is 12.8 Å². The third kappa shape index (κ3) is 2.30. The summed E-state index contributed by atoms with van der Waals surface area (Å²) < 4.78 is 41.7. The van der Waals surface area contributed by atoms with Crippen molar-refractivity contribution in [1.29, 1.82) is 0 Å². The normalized spacial score (nSPS) is 17.0. The van der Waals surface area contributed by atoms with Crippen molar-refractivity contribution in [3.8, 4) is 0 Å². The molecule has 3 rings (SSSR count). The van der Waals surface area contributed by atoms with Crippen LogP contribution < -0.4 is 0 Å². The lowest BCUT2D eigenvalue weighted by Crippen LogP contribution is -2.28. The second kappa shape index (κ2) is 5.40. The van der Waals surface area contributed by atoms with Gasteiger partial charge in [-0.3, -0.25) is 4.79 Å². The van der Waals surface area contributed by atoms with Gasteiger partial charge in [-0.2, -0.15) is 0 Å². The highest BCUT2D eigenvalue weighted by Crippen LogP contribution is 2.35. The Kier molecular flexibility index (Phi) is 3.70. The van der Waals surface area contributed by atoms with Crippen molar-refractivity contribution in [3.05, 3.63) is 68.9 Å². The molecule has 0 bridgehead atoms. The molecular weight excluding hydrogens is 363 g/mol. The van der Waals surface area contributed by atoms with Gasteiger partial charge in [0.2, 0.25) is 0 Å². The first-order valence-corrected chi connectivity index (χ1v) is 7.10. The molecule has 1 N–H and O–H groups in total. The van der Waals surface area contributed by atoms with Crippen LogP contribution in [0.1, 0.15) is 27.7 Å². The first-order valence-electron chi connectivity index (χ1n) is 6.31. The molecule has 1 heterocycles. The van der Waals surface area contributed by atoms with Crippen LogP contribution in [0.2, 0.25) is 0 Å². The number of carbonyl (C=O) groups excluding carboxylic acids is 1. The number of aliphatic hydroxyl groups excluding tert-OH is 1. The van der Waals surface area contributed by atoms with E-state index < -0.39 is 36.1 Å². The van der Waals surface area contributed by atoms with Gasteiger partial charge >= 0.3 is 0 Å². The summed E-state index contributed by atoms with van der Waals surface area (Å²) in [6.45, 7) is -0.501. The second-order valence-electron chi connectivity index (χ2n) is 4.86. The average molecular weight is 372 g/mol. The fourth-order valence-electron chi connectivity index (χ4n) is 2.46. The highest BCUT2D eigenvalue weighted by atomic mass is 79.9. The molecule has 1 aliphatic rings. The molecule has 7 heteroatoms. The van der Waals surface area contributed by atoms with E-state index in [9.17, 15) is 23.1 Å². The summed E-state index contributed by atoms with van der Waals surface area (Å²) in [4.78, 5) is 13.0. The lowest BCUT2D eigenvalue weighted by molar-refractivity contribution is 0.0129. The van der Waals surface area contributed by atoms with Crippen LogP contribution in [0.15, 0.2) is 34.8 Å². The van der Waals surface area contributed by atoms with E-state index in [1.807, 2.05) is 0 Å². The van der Waals surface area contributed by atoms with E-state index in [0.717, 1.165) is 23.1 Å². The third-order valence-corrected chi connectivity index (χ3v) is 3.99. The Morgan fingerprint density at radius 3 is 2.36 bits per heavy atom. The zero-order valence-electron chi connectivity index (χ0n) is 11.0. The van der Waals surface area contributed by atoms with Gasteiger partial charge in [0.15, 0.2) is 6.23 Å². The molecule has 1 amide bonds. The van der Waals surface area contributed by atoms with Gasteiger partial charge in [-0.15, -0.1) is 0 Å². The average Bonchev–Trinajstić information content (AvgIpc) is 2.68. The number of nitrogens with zero attached hydrogens (tertiary/aromatic N) is 1. The number of amides is 1. The number of hydrogen-bond acceptors (Lipinski definition) is 2. The summed E-state index contributed by atoms with van der Waals surface area (Å²) in [6, 6.07) is 5.95. The Balaban J connectivity index is 1.99. The maximum Gasteiger partial charge on any atom is 0.259 e. The van der Waals surface area contributed by atoms with Gasteiger partial charge < -0.3 is 10.0 Å². The minimum Gasteiger partial charge on any atom is -0.369 e. The van der Waals surface area contributed by atoms with Gasteiger partial charge in [0.1, 0.15) is 17.5 Å². The predicted octanol–water partition coefficient (Wildman–Crippen LogP) is 3.51. The molecule has 0 spiro atoms. The smallest absolute Gasteiger partial charge is 0.259 e. The molecule has 0 aliphatic carbocycles. The standard InChI is InChI=1S/C15H9BrF3NO2/c16-7-4-11(18)9(12(19)5-7)6-20-14(21)8-2-1-3-10(17)13(8)15(20)22/h1-5,14,21H,6H2. The molecule has 0 fully saturated rings. The van der Waals surface area contributed by atoms with Crippen LogP contribution in [-0.2, 0) is 6.54 Å². The molecule has 0 aromatic heterocycles. The van der Waals surface area contributed by atoms with E-state index in [0.29, 0.717) is 0 Å². The van der Waals surface area contributed by atoms with E-state index in [1.54, 1.807) is 0 Å². The quantitative estimate of drug-likeness (QED) is 0.877. The van der Waals surface area contributed by atoms with Crippen LogP contribution in [0.25, 0.3) is 0 Å². The molecule has 0 saturated carbocycles. The monoisotopic (exact) mass is 371 g/mol. The number of halogens is 4. The molecule has 0 radical (unpaired) electrons. The zero-order valence-corrected chi connectivity index (χ0v) is 12.6. The van der Waals surface area contributed by atoms with Crippen LogP contribution in [0, 0.1) is 17.5 Å². The van der Waals surface area contributed by atoms with Crippen molar-refractivity contribution in [1.82, 2.24) is 4.90 Å². The molecule has 2 aromatic rings. The molecule has 1 atom stereocenters. The Morgan fingerprint density at radius 2 is 1.77 bits per heavy atom. The largest absolute Gasteiger partial charge is 0.369 e. The molecule has 2 aromatic carbocycles. The van der Waals surface area contributed by atoms with Crippen molar-refractivity contribution >= 4 is 21.8 Å². The summed E-state index contributed by atoms with van der Waals surface area (Å²) in [6.07, 6.45) is -1.44. The van der Waals surface area contributed by atoms with E-state index in [2.05, 4.69) is 15.9 Å². The van der Waals surface area contributed by atoms with Crippen molar-refractivity contribution in [2.75, 3.05) is 0 Å². The summed E-state index contributed by atoms with van der Waals surface area (Å²) in [5.41, 5.74) is -0.556. The van der Waals surface area contributed by atoms with Crippen LogP contribution in [0.4, 0.5) is 13.2 Å². The van der Waals surface area contributed by atoms with E-state index in [1.165, 1.54) is 12.1 Å². The molecule has 3 nitrogen and oxygen atoms in total. The Morgan fingerprint density at radius 1 is 1.14 bits per heavy atom. The number of carbonyl (C=O) groups is 1. The molecule has 1 unspecified atom stereocenters. The van der Waals surface area contributed by atoms with Gasteiger partial charge in [0.25, 0.3) is 5.91 Å². The fraction of sp³-hybridized carbons (Fsp3) is 0.133. The Labute approximate surface area is 132 Å². The predicted molar refractivity (Wildman–Crippen MR) is 75.3 cm³/mol. The third-order valence-electron chi connectivity index (χ3n) is 3.53. The molecule has 114 valence electrons. The molecule has 0 saturated heterocycles. The highest BCUT2D eigenvalue weighted by Gasteiger charge is 2.38. The SMILES string of the molecule is O=C1c2c(F)cccc2C(O)N1Cc1c(F)cc(Br)cc1F. The zero-order chi connectivity index (χ0) is 16.0. The highest BCUT2D eigenvalue weighted by molar-refractivity contribution is 9.10. The van der Waals surface area contributed by atoms with Crippen molar-refractivity contribution in [2.24, 2.45) is 0 Å². The summed E-state index contributed by atoms with van der Waals surface area (Å²) in [5, 5.41) is 10.1. The lowest BCUT2D eigenvalue weighted by Gasteiger charge is -2.21. The van der Waals surface area contributed by atoms with Crippen molar-refractivity contribution < 1.29 is 23.1 Å². The summed E-state index contributed by atoms with van der Waals surface area (Å²) in [7, 11) is 0. The second-order valence-corrected chi connectivity index (χ2v) is 5.77. The van der Waals surface area contributed by atoms with Crippen molar-refractivity contribution in [3.63, 3.8) is 0 Å². The molecular formula is C15H9BrF3NO2. The minimum absolute atomic E-state index is 0.0860. The maximum atomic E-state index is 13.9. The van der Waals surface area contributed by atoms with Gasteiger partial charge in [-0.1, -0.05) is 28.1 Å². The van der Waals surface area contributed by atoms with E-state index in [-0.39, 0.29) is 21.2 Å². The van der Waals surface area contributed by atoms with Crippen LogP contribution in [0.5, 0.6) is 0 Å². The number of hydrogen-bond donors (Lipinski definition) is 1. The number of benzene rings is 2. The fourth-order valence-corrected chi connectivity index (χ4v) is 2.86. The topological polar surface area (TPSA) is 40.5 Å². The Hall–Kier alpha value is -1.86. The van der Waals surface area contributed by atoms with Gasteiger partial charge in [0.05, 0.1) is 12.1 Å². The van der Waals surface area contributed by atoms with Crippen LogP contribution in [0.3, 0.4) is 0 Å². The molecule has 1 aliphatic heterocycles. The number of rotatable bonds is 2. The Bertz CT molecular complexity index is 758. The first-order chi connectivity index (χ1) is 10.4. The lowest BCUT2D eigenvalue weighted by atomic mass is 10.1. The first kappa shape index (κ1) is 15.1. The van der Waals surface area contributed by atoms with Crippen LogP contribution >= 0.6 is 15.9 Å². The minimum atomic E-state index is -1.44. The van der Waals surface area contributed by atoms with E-state index >= 15 is 0 Å². The maximum absolute atomic E-state index is 13.9. The van der Waals surface area contributed by atoms with Gasteiger partial charge in [0, 0.05) is 15.6 Å². The van der Waals surface area contributed by atoms with Gasteiger partial charge in [-0.05, 0) is 18.2 Å². The number of aliphatic hydroxyl groups is 1. The van der Waals surface area contributed by atoms with Crippen LogP contribution in [-0.4, -0.2) is 15.9 Å². The summed E-state index contributed by atoms with van der Waals surface area (Å²) >= 11 is 2.96. The molecule has 22 heavy (non-hydrogen) atoms. The van der Waals surface area contributed by atoms with Gasteiger partial charge in [-0.25, -0.2) is 13.2 Å². The van der Waals surface area contributed by atoms with E-state index in [4.69, 9.17) is 0 Å². The summed E-state index contributed by atoms with van der Waals surface area (Å²) in [5.74, 6) is -3.30. The number of fused-ring (bicyclic) bond motifs is 1.